The number of alkyl halides is 3. The smallest absolute Gasteiger partial charge is 0.393 e. The summed E-state index contributed by atoms with van der Waals surface area (Å²) in [6, 6.07) is 16.5. The van der Waals surface area contributed by atoms with Gasteiger partial charge < -0.3 is 19.6 Å². The molecule has 0 spiro atoms. The number of ether oxygens (including phenoxy) is 1. The number of carboxylic acid groups (broad SMARTS) is 1. The monoisotopic (exact) mass is 448 g/mol. The summed E-state index contributed by atoms with van der Waals surface area (Å²) in [4.78, 5) is 15.0. The van der Waals surface area contributed by atoms with Crippen LogP contribution in [0, 0.1) is 5.92 Å². The molecule has 0 amide bonds. The van der Waals surface area contributed by atoms with Crippen LogP contribution < -0.4 is 14.5 Å². The lowest BCUT2D eigenvalue weighted by Crippen LogP contribution is -2.38. The number of piperidine rings is 1. The molecule has 32 heavy (non-hydrogen) atoms. The molecule has 2 aromatic carbocycles. The number of para-hydroxylation sites is 1. The van der Waals surface area contributed by atoms with E-state index in [2.05, 4.69) is 17.0 Å². The first-order chi connectivity index (χ1) is 15.3. The molecule has 2 unspecified atom stereocenters. The van der Waals surface area contributed by atoms with Gasteiger partial charge in [0.1, 0.15) is 11.9 Å². The van der Waals surface area contributed by atoms with Gasteiger partial charge in [0.15, 0.2) is 0 Å². The molecule has 2 aliphatic heterocycles. The molecule has 0 aromatic heterocycles. The number of rotatable bonds is 6. The van der Waals surface area contributed by atoms with Crippen LogP contribution in [0.2, 0.25) is 0 Å². The third-order valence-electron chi connectivity index (χ3n) is 6.32. The van der Waals surface area contributed by atoms with Gasteiger partial charge in [0.2, 0.25) is 0 Å². The molecule has 0 aliphatic carbocycles. The zero-order chi connectivity index (χ0) is 22.7. The summed E-state index contributed by atoms with van der Waals surface area (Å²) in [7, 11) is 0. The minimum absolute atomic E-state index is 0.0852. The number of hydrogen-bond acceptors (Lipinski definition) is 4. The Balaban J connectivity index is 1.36. The number of nitrogens with zero attached hydrogens (tertiary/aromatic N) is 2. The highest BCUT2D eigenvalue weighted by atomic mass is 19.4. The van der Waals surface area contributed by atoms with E-state index in [-0.39, 0.29) is 25.5 Å². The average Bonchev–Trinajstić information content (AvgIpc) is 3.19. The van der Waals surface area contributed by atoms with Crippen molar-refractivity contribution in [2.24, 2.45) is 5.92 Å². The molecule has 0 bridgehead atoms. The highest BCUT2D eigenvalue weighted by Gasteiger charge is 2.47. The van der Waals surface area contributed by atoms with Crippen molar-refractivity contribution in [1.82, 2.24) is 0 Å². The van der Waals surface area contributed by atoms with Gasteiger partial charge in [0, 0.05) is 49.9 Å². The molecule has 2 atom stereocenters. The first kappa shape index (κ1) is 22.3. The molecule has 4 rings (SSSR count). The van der Waals surface area contributed by atoms with Crippen LogP contribution in [0.5, 0.6) is 5.75 Å². The van der Waals surface area contributed by atoms with Gasteiger partial charge in [-0.3, -0.25) is 4.79 Å². The van der Waals surface area contributed by atoms with E-state index in [4.69, 9.17) is 9.84 Å². The average molecular weight is 448 g/mol. The van der Waals surface area contributed by atoms with Gasteiger partial charge in [-0.1, -0.05) is 18.2 Å². The summed E-state index contributed by atoms with van der Waals surface area (Å²) in [5.41, 5.74) is 1.79. The molecule has 2 heterocycles. The first-order valence-corrected chi connectivity index (χ1v) is 10.9. The van der Waals surface area contributed by atoms with Gasteiger partial charge in [-0.05, 0) is 42.8 Å². The zero-order valence-electron chi connectivity index (χ0n) is 17.7. The van der Waals surface area contributed by atoms with Crippen molar-refractivity contribution < 1.29 is 27.8 Å². The SMILES string of the molecule is O=C(O)CC1CC(C(F)(F)F)CN1c1ccc(OC2CCN(c3ccccc3)CC2)cc1. The van der Waals surface area contributed by atoms with Gasteiger partial charge in [-0.2, -0.15) is 13.2 Å². The fraction of sp³-hybridized carbons (Fsp3) is 0.458. The minimum Gasteiger partial charge on any atom is -0.490 e. The maximum absolute atomic E-state index is 13.2. The van der Waals surface area contributed by atoms with Gasteiger partial charge >= 0.3 is 12.1 Å². The highest BCUT2D eigenvalue weighted by Crippen LogP contribution is 2.40. The van der Waals surface area contributed by atoms with Gasteiger partial charge in [0.05, 0.1) is 12.3 Å². The number of carbonyl (C=O) groups is 1. The standard InChI is InChI=1S/C24H27F3N2O3/c25-24(26,27)17-14-20(15-23(30)31)29(16-17)19-6-8-21(9-7-19)32-22-10-12-28(13-11-22)18-4-2-1-3-5-18/h1-9,17,20,22H,10-16H2,(H,30,31). The third-order valence-corrected chi connectivity index (χ3v) is 6.32. The number of carboxylic acids is 1. The molecule has 2 aliphatic rings. The van der Waals surface area contributed by atoms with E-state index in [1.54, 1.807) is 29.2 Å². The predicted molar refractivity (Wildman–Crippen MR) is 116 cm³/mol. The van der Waals surface area contributed by atoms with Crippen molar-refractivity contribution in [3.05, 3.63) is 54.6 Å². The zero-order valence-corrected chi connectivity index (χ0v) is 17.7. The summed E-state index contributed by atoms with van der Waals surface area (Å²) < 4.78 is 45.8. The van der Waals surface area contributed by atoms with Crippen LogP contribution >= 0.6 is 0 Å². The van der Waals surface area contributed by atoms with Crippen LogP contribution in [0.4, 0.5) is 24.5 Å². The van der Waals surface area contributed by atoms with E-state index in [0.29, 0.717) is 11.4 Å². The second kappa shape index (κ2) is 9.30. The van der Waals surface area contributed by atoms with E-state index in [1.807, 2.05) is 18.2 Å². The van der Waals surface area contributed by atoms with Crippen molar-refractivity contribution in [2.45, 2.75) is 44.0 Å². The lowest BCUT2D eigenvalue weighted by atomic mass is 10.0. The van der Waals surface area contributed by atoms with E-state index in [9.17, 15) is 18.0 Å². The van der Waals surface area contributed by atoms with Crippen LogP contribution in [0.15, 0.2) is 54.6 Å². The maximum atomic E-state index is 13.2. The Labute approximate surface area is 185 Å². The van der Waals surface area contributed by atoms with Crippen LogP contribution in [0.3, 0.4) is 0 Å². The molecule has 172 valence electrons. The van der Waals surface area contributed by atoms with Gasteiger partial charge in [-0.15, -0.1) is 0 Å². The molecule has 0 radical (unpaired) electrons. The normalized spacial score (nSPS) is 22.2. The van der Waals surface area contributed by atoms with E-state index in [1.165, 1.54) is 5.69 Å². The summed E-state index contributed by atoms with van der Waals surface area (Å²) in [6.45, 7) is 1.58. The highest BCUT2D eigenvalue weighted by molar-refractivity contribution is 5.69. The van der Waals surface area contributed by atoms with Gasteiger partial charge in [0.25, 0.3) is 0 Å². The predicted octanol–water partition coefficient (Wildman–Crippen LogP) is 4.97. The fourth-order valence-corrected chi connectivity index (χ4v) is 4.64. The molecule has 0 saturated carbocycles. The summed E-state index contributed by atoms with van der Waals surface area (Å²) >= 11 is 0. The molecule has 1 N–H and O–H groups in total. The lowest BCUT2D eigenvalue weighted by molar-refractivity contribution is -0.169. The number of benzene rings is 2. The Morgan fingerprint density at radius 1 is 1.00 bits per heavy atom. The number of aliphatic carboxylic acids is 1. The van der Waals surface area contributed by atoms with Crippen LogP contribution in [-0.4, -0.2) is 49.0 Å². The fourth-order valence-electron chi connectivity index (χ4n) is 4.64. The number of anilines is 2. The first-order valence-electron chi connectivity index (χ1n) is 10.9. The Morgan fingerprint density at radius 2 is 1.66 bits per heavy atom. The van der Waals surface area contributed by atoms with E-state index in [0.717, 1.165) is 25.9 Å². The number of halogens is 3. The number of hydrogen-bond donors (Lipinski definition) is 1. The second-order valence-corrected chi connectivity index (χ2v) is 8.51. The Bertz CT molecular complexity index is 897. The lowest BCUT2D eigenvalue weighted by Gasteiger charge is -2.33. The van der Waals surface area contributed by atoms with Crippen LogP contribution in [0.25, 0.3) is 0 Å². The molecular weight excluding hydrogens is 421 g/mol. The molecule has 8 heteroatoms. The van der Waals surface area contributed by atoms with Crippen molar-refractivity contribution >= 4 is 17.3 Å². The minimum atomic E-state index is -4.33. The Hall–Kier alpha value is -2.90. The second-order valence-electron chi connectivity index (χ2n) is 8.51. The topological polar surface area (TPSA) is 53.0 Å². The van der Waals surface area contributed by atoms with Crippen molar-refractivity contribution in [3.63, 3.8) is 0 Å². The summed E-state index contributed by atoms with van der Waals surface area (Å²) in [5, 5.41) is 9.11. The summed E-state index contributed by atoms with van der Waals surface area (Å²) in [6.07, 6.45) is -2.99. The van der Waals surface area contributed by atoms with Crippen LogP contribution in [-0.2, 0) is 4.79 Å². The van der Waals surface area contributed by atoms with Crippen molar-refractivity contribution in [2.75, 3.05) is 29.4 Å². The molecule has 5 nitrogen and oxygen atoms in total. The van der Waals surface area contributed by atoms with E-state index >= 15 is 0 Å². The Morgan fingerprint density at radius 3 is 2.25 bits per heavy atom. The summed E-state index contributed by atoms with van der Waals surface area (Å²) in [5.74, 6) is -1.93. The largest absolute Gasteiger partial charge is 0.490 e. The maximum Gasteiger partial charge on any atom is 0.393 e. The molecule has 2 saturated heterocycles. The van der Waals surface area contributed by atoms with Crippen molar-refractivity contribution in [3.8, 4) is 5.75 Å². The van der Waals surface area contributed by atoms with E-state index < -0.39 is 24.1 Å². The van der Waals surface area contributed by atoms with Crippen molar-refractivity contribution in [1.29, 1.82) is 0 Å². The van der Waals surface area contributed by atoms with Gasteiger partial charge in [-0.25, -0.2) is 0 Å². The Kier molecular flexibility index (Phi) is 6.48. The third kappa shape index (κ3) is 5.29. The quantitative estimate of drug-likeness (QED) is 0.677. The molecular formula is C24H27F3N2O3. The molecule has 2 fully saturated rings. The van der Waals surface area contributed by atoms with Crippen LogP contribution in [0.1, 0.15) is 25.7 Å². The molecule has 2 aromatic rings.